The maximum Gasteiger partial charge on any atom is 0.317 e. The Hall–Kier alpha value is -1.55. The zero-order chi connectivity index (χ0) is 15.6. The second-order valence-electron chi connectivity index (χ2n) is 3.88. The van der Waals surface area contributed by atoms with Gasteiger partial charge in [0.05, 0.1) is 0 Å². The maximum atomic E-state index is 9.16. The normalized spacial score (nSPS) is 9.81. The Morgan fingerprint density at radius 1 is 0.524 bits per heavy atom. The molecule has 0 N–H and O–H groups in total. The molecule has 0 aliphatic heterocycles. The summed E-state index contributed by atoms with van der Waals surface area (Å²) in [5.74, 6) is 0. The van der Waals surface area contributed by atoms with Gasteiger partial charge in [-0.2, -0.15) is 8.42 Å². The zero-order valence-electron chi connectivity index (χ0n) is 11.1. The summed E-state index contributed by atoms with van der Waals surface area (Å²) < 4.78 is 18.3. The highest BCUT2D eigenvalue weighted by atomic mass is 36.0. The highest BCUT2D eigenvalue weighted by Crippen LogP contribution is 2.11. The highest BCUT2D eigenvalue weighted by molar-refractivity contribution is 8.31. The molecule has 3 aromatic carbocycles. The van der Waals surface area contributed by atoms with Gasteiger partial charge in [-0.3, -0.25) is 0 Å². The average molecular weight is 341 g/mol. The second-order valence-corrected chi connectivity index (χ2v) is 7.55. The van der Waals surface area contributed by atoms with Crippen molar-refractivity contribution >= 4 is 40.4 Å². The maximum absolute atomic E-state index is 9.16. The van der Waals surface area contributed by atoms with Crippen molar-refractivity contribution < 1.29 is 8.42 Å². The Morgan fingerprint density at radius 2 is 0.714 bits per heavy atom. The molecule has 0 aromatic heterocycles. The largest absolute Gasteiger partial charge is 0.317 e. The van der Waals surface area contributed by atoms with Gasteiger partial charge >= 0.3 is 8.26 Å². The summed E-state index contributed by atoms with van der Waals surface area (Å²) in [5, 5.41) is 2.62. The van der Waals surface area contributed by atoms with Crippen molar-refractivity contribution in [1.82, 2.24) is 0 Å². The predicted octanol–water partition coefficient (Wildman–Crippen LogP) is 5.24. The van der Waals surface area contributed by atoms with E-state index in [0.717, 1.165) is 0 Å². The monoisotopic (exact) mass is 340 g/mol. The van der Waals surface area contributed by atoms with Crippen LogP contribution < -0.4 is 0 Å². The average Bonchev–Trinajstić information content (AvgIpc) is 2.48. The van der Waals surface area contributed by atoms with E-state index in [4.69, 9.17) is 8.42 Å². The molecule has 0 fully saturated rings. The summed E-state index contributed by atoms with van der Waals surface area (Å²) in [6.07, 6.45) is 0. The van der Waals surface area contributed by atoms with Crippen molar-refractivity contribution in [3.05, 3.63) is 84.9 Å². The first-order chi connectivity index (χ1) is 9.97. The highest BCUT2D eigenvalue weighted by Gasteiger charge is 1.88. The zero-order valence-corrected chi connectivity index (χ0v) is 13.4. The molecule has 3 rings (SSSR count). The first kappa shape index (κ1) is 17.5. The Labute approximate surface area is 133 Å². The Bertz CT molecular complexity index is 644. The molecule has 5 heteroatoms. The lowest BCUT2D eigenvalue weighted by Gasteiger charge is -1.92. The SMILES string of the molecule is O=S(=O)(Cl)Cl.c1ccc2ccccc2c1.c1ccccc1. The van der Waals surface area contributed by atoms with Crippen molar-refractivity contribution in [3.63, 3.8) is 0 Å². The number of halogens is 2. The van der Waals surface area contributed by atoms with Gasteiger partial charge in [0.25, 0.3) is 0 Å². The van der Waals surface area contributed by atoms with Gasteiger partial charge in [0.15, 0.2) is 0 Å². The van der Waals surface area contributed by atoms with Crippen molar-refractivity contribution in [2.45, 2.75) is 0 Å². The van der Waals surface area contributed by atoms with Crippen LogP contribution in [-0.4, -0.2) is 8.42 Å². The van der Waals surface area contributed by atoms with Crippen LogP contribution in [0, 0.1) is 0 Å². The number of benzene rings is 3. The molecule has 0 saturated carbocycles. The van der Waals surface area contributed by atoms with Crippen LogP contribution in [0.3, 0.4) is 0 Å². The number of fused-ring (bicyclic) bond motifs is 1. The van der Waals surface area contributed by atoms with E-state index in [1.54, 1.807) is 0 Å². The quantitative estimate of drug-likeness (QED) is 0.524. The molecule has 21 heavy (non-hydrogen) atoms. The van der Waals surface area contributed by atoms with Gasteiger partial charge in [-0.25, -0.2) is 0 Å². The summed E-state index contributed by atoms with van der Waals surface area (Å²) in [4.78, 5) is 0. The summed E-state index contributed by atoms with van der Waals surface area (Å²) in [6.45, 7) is 0. The van der Waals surface area contributed by atoms with E-state index in [2.05, 4.69) is 69.9 Å². The molecule has 2 nitrogen and oxygen atoms in total. The fourth-order valence-electron chi connectivity index (χ4n) is 1.52. The molecule has 0 aliphatic rings. The van der Waals surface area contributed by atoms with E-state index < -0.39 is 8.26 Å². The first-order valence-corrected chi connectivity index (χ1v) is 9.18. The van der Waals surface area contributed by atoms with Crippen LogP contribution in [0.1, 0.15) is 0 Å². The Balaban J connectivity index is 0.000000173. The minimum atomic E-state index is -3.72. The van der Waals surface area contributed by atoms with Crippen LogP contribution in [0.15, 0.2) is 84.9 Å². The van der Waals surface area contributed by atoms with Gasteiger partial charge < -0.3 is 0 Å². The van der Waals surface area contributed by atoms with Crippen molar-refractivity contribution in [3.8, 4) is 0 Å². The van der Waals surface area contributed by atoms with Crippen LogP contribution in [-0.2, 0) is 8.26 Å². The summed E-state index contributed by atoms with van der Waals surface area (Å²) >= 11 is 0. The Kier molecular flexibility index (Phi) is 7.83. The van der Waals surface area contributed by atoms with Crippen LogP contribution in [0.4, 0.5) is 0 Å². The van der Waals surface area contributed by atoms with Gasteiger partial charge in [-0.1, -0.05) is 84.9 Å². The minimum Gasteiger partial charge on any atom is -0.195 e. The topological polar surface area (TPSA) is 34.1 Å². The third-order valence-electron chi connectivity index (χ3n) is 2.33. The molecule has 0 aliphatic carbocycles. The number of hydrogen-bond acceptors (Lipinski definition) is 2. The van der Waals surface area contributed by atoms with Crippen molar-refractivity contribution in [2.24, 2.45) is 0 Å². The molecule has 0 spiro atoms. The molecule has 0 atom stereocenters. The van der Waals surface area contributed by atoms with Crippen LogP contribution >= 0.6 is 21.4 Å². The van der Waals surface area contributed by atoms with Gasteiger partial charge in [-0.05, 0) is 10.8 Å². The van der Waals surface area contributed by atoms with E-state index in [1.807, 2.05) is 36.4 Å². The molecular formula is C16H14Cl2O2S. The lowest BCUT2D eigenvalue weighted by Crippen LogP contribution is -1.67. The summed E-state index contributed by atoms with van der Waals surface area (Å²) in [7, 11) is 4.81. The van der Waals surface area contributed by atoms with E-state index in [0.29, 0.717) is 0 Å². The third kappa shape index (κ3) is 9.91. The number of rotatable bonds is 0. The van der Waals surface area contributed by atoms with Crippen LogP contribution in [0.2, 0.25) is 0 Å². The first-order valence-electron chi connectivity index (χ1n) is 6.05. The molecule has 110 valence electrons. The molecule has 3 aromatic rings. The lowest BCUT2D eigenvalue weighted by molar-refractivity contribution is 0.621. The molecule has 0 bridgehead atoms. The summed E-state index contributed by atoms with van der Waals surface area (Å²) in [6, 6.07) is 28.7. The van der Waals surface area contributed by atoms with E-state index in [-0.39, 0.29) is 0 Å². The Morgan fingerprint density at radius 3 is 0.905 bits per heavy atom. The fourth-order valence-corrected chi connectivity index (χ4v) is 1.52. The van der Waals surface area contributed by atoms with Gasteiger partial charge in [0, 0.05) is 21.4 Å². The van der Waals surface area contributed by atoms with E-state index in [1.165, 1.54) is 10.8 Å². The predicted molar refractivity (Wildman–Crippen MR) is 91.0 cm³/mol. The van der Waals surface area contributed by atoms with Crippen molar-refractivity contribution in [2.75, 3.05) is 0 Å². The second kappa shape index (κ2) is 9.40. The van der Waals surface area contributed by atoms with Gasteiger partial charge in [0.1, 0.15) is 0 Å². The molecule has 0 heterocycles. The minimum absolute atomic E-state index is 1.31. The van der Waals surface area contributed by atoms with Crippen LogP contribution in [0.25, 0.3) is 10.8 Å². The van der Waals surface area contributed by atoms with Crippen molar-refractivity contribution in [1.29, 1.82) is 0 Å². The molecule has 0 amide bonds. The van der Waals surface area contributed by atoms with E-state index in [9.17, 15) is 0 Å². The third-order valence-corrected chi connectivity index (χ3v) is 2.33. The molecular weight excluding hydrogens is 327 g/mol. The number of hydrogen-bond donors (Lipinski definition) is 0. The van der Waals surface area contributed by atoms with Gasteiger partial charge in [-0.15, -0.1) is 0 Å². The fraction of sp³-hybridized carbons (Fsp3) is 0. The smallest absolute Gasteiger partial charge is 0.195 e. The molecule has 0 saturated heterocycles. The van der Waals surface area contributed by atoms with Gasteiger partial charge in [0.2, 0.25) is 0 Å². The molecule has 0 unspecified atom stereocenters. The molecule has 0 radical (unpaired) electrons. The van der Waals surface area contributed by atoms with E-state index >= 15 is 0 Å². The lowest BCUT2D eigenvalue weighted by atomic mass is 10.1. The summed E-state index contributed by atoms with van der Waals surface area (Å²) in [5.41, 5.74) is 0. The standard InChI is InChI=1S/C10H8.C6H6.Cl2O2S/c1-2-6-10-8-4-3-7-9(10)5-1;1-2-4-6-5-3-1;1-5(2,3)4/h1-8H;1-6H;. The van der Waals surface area contributed by atoms with Crippen LogP contribution in [0.5, 0.6) is 0 Å².